The van der Waals surface area contributed by atoms with E-state index in [9.17, 15) is 4.79 Å². The van der Waals surface area contributed by atoms with Crippen LogP contribution in [0.15, 0.2) is 29.3 Å². The number of hydrogen-bond acceptors (Lipinski definition) is 5. The number of amidine groups is 1. The zero-order chi connectivity index (χ0) is 14.6. The Bertz CT molecular complexity index is 533. The molecule has 5 nitrogen and oxygen atoms in total. The van der Waals surface area contributed by atoms with E-state index in [0.29, 0.717) is 5.17 Å². The Balaban J connectivity index is 2.21. The Kier molecular flexibility index (Phi) is 4.67. The number of hydrogen-bond donors (Lipinski definition) is 2. The predicted molar refractivity (Wildman–Crippen MR) is 83.0 cm³/mol. The molecule has 1 aliphatic rings. The molecule has 1 atom stereocenters. The van der Waals surface area contributed by atoms with Crippen LogP contribution in [0.3, 0.4) is 0 Å². The van der Waals surface area contributed by atoms with Crippen LogP contribution < -0.4 is 11.1 Å². The Hall–Kier alpha value is -1.53. The molecule has 0 spiro atoms. The summed E-state index contributed by atoms with van der Waals surface area (Å²) in [4.78, 5) is 16.1. The minimum absolute atomic E-state index is 0.0449. The standard InChI is InChI=1S/C14H19N3O2S/c1-14(6-7-20-13(15)17-14)10-4-3-5-11(8-10)16-12(18)9-19-2/h3-5,8H,6-7,9H2,1-2H3,(H2,15,17)(H,16,18). The number of aliphatic imine (C=N–C) groups is 1. The maximum absolute atomic E-state index is 11.5. The number of nitrogens with zero attached hydrogens (tertiary/aromatic N) is 1. The van der Waals surface area contributed by atoms with Crippen LogP contribution in [0.5, 0.6) is 0 Å². The summed E-state index contributed by atoms with van der Waals surface area (Å²) in [6, 6.07) is 7.72. The van der Waals surface area contributed by atoms with Gasteiger partial charge >= 0.3 is 0 Å². The molecule has 0 radical (unpaired) electrons. The van der Waals surface area contributed by atoms with Crippen molar-refractivity contribution in [3.05, 3.63) is 29.8 Å². The Morgan fingerprint density at radius 1 is 1.60 bits per heavy atom. The zero-order valence-corrected chi connectivity index (χ0v) is 12.5. The molecule has 0 fully saturated rings. The number of rotatable bonds is 4. The third kappa shape index (κ3) is 3.52. The predicted octanol–water partition coefficient (Wildman–Crippen LogP) is 1.94. The first-order valence-electron chi connectivity index (χ1n) is 6.41. The molecule has 1 aliphatic heterocycles. The molecule has 0 aliphatic carbocycles. The van der Waals surface area contributed by atoms with Crippen molar-refractivity contribution in [3.63, 3.8) is 0 Å². The molecule has 1 aromatic carbocycles. The number of anilines is 1. The molecular formula is C14H19N3O2S. The molecule has 0 saturated carbocycles. The fourth-order valence-corrected chi connectivity index (χ4v) is 3.13. The van der Waals surface area contributed by atoms with Crippen molar-refractivity contribution < 1.29 is 9.53 Å². The fourth-order valence-electron chi connectivity index (χ4n) is 2.15. The second kappa shape index (κ2) is 6.28. The third-order valence-corrected chi connectivity index (χ3v) is 4.03. The van der Waals surface area contributed by atoms with Gasteiger partial charge < -0.3 is 15.8 Å². The van der Waals surface area contributed by atoms with Crippen LogP contribution in [0.2, 0.25) is 0 Å². The van der Waals surface area contributed by atoms with E-state index in [-0.39, 0.29) is 18.1 Å². The molecule has 108 valence electrons. The lowest BCUT2D eigenvalue weighted by molar-refractivity contribution is -0.119. The highest BCUT2D eigenvalue weighted by molar-refractivity contribution is 8.13. The summed E-state index contributed by atoms with van der Waals surface area (Å²) < 4.78 is 4.80. The number of carbonyl (C=O) groups is 1. The molecule has 0 aromatic heterocycles. The first kappa shape index (κ1) is 14.9. The molecule has 0 bridgehead atoms. The van der Waals surface area contributed by atoms with E-state index in [1.165, 1.54) is 7.11 Å². The number of carbonyl (C=O) groups excluding carboxylic acids is 1. The monoisotopic (exact) mass is 293 g/mol. The topological polar surface area (TPSA) is 76.7 Å². The summed E-state index contributed by atoms with van der Waals surface area (Å²) in [5.74, 6) is 0.781. The average molecular weight is 293 g/mol. The third-order valence-electron chi connectivity index (χ3n) is 3.24. The fraction of sp³-hybridized carbons (Fsp3) is 0.429. The SMILES string of the molecule is COCC(=O)Nc1cccc(C2(C)CCSC(N)=N2)c1. The smallest absolute Gasteiger partial charge is 0.250 e. The zero-order valence-electron chi connectivity index (χ0n) is 11.7. The van der Waals surface area contributed by atoms with E-state index in [4.69, 9.17) is 10.5 Å². The van der Waals surface area contributed by atoms with E-state index in [1.54, 1.807) is 11.8 Å². The van der Waals surface area contributed by atoms with Crippen LogP contribution in [-0.2, 0) is 15.1 Å². The van der Waals surface area contributed by atoms with Crippen molar-refractivity contribution in [1.29, 1.82) is 0 Å². The lowest BCUT2D eigenvalue weighted by atomic mass is 9.89. The van der Waals surface area contributed by atoms with Crippen LogP contribution in [0, 0.1) is 0 Å². The number of amides is 1. The average Bonchev–Trinajstić information content (AvgIpc) is 2.39. The summed E-state index contributed by atoms with van der Waals surface area (Å²) in [5, 5.41) is 3.42. The van der Waals surface area contributed by atoms with Gasteiger partial charge in [-0.05, 0) is 31.0 Å². The Morgan fingerprint density at radius 3 is 3.10 bits per heavy atom. The summed E-state index contributed by atoms with van der Waals surface area (Å²) in [6.45, 7) is 2.11. The first-order chi connectivity index (χ1) is 9.53. The van der Waals surface area contributed by atoms with Crippen molar-refractivity contribution in [2.45, 2.75) is 18.9 Å². The van der Waals surface area contributed by atoms with Crippen molar-refractivity contribution in [2.24, 2.45) is 10.7 Å². The van der Waals surface area contributed by atoms with Crippen molar-refractivity contribution in [1.82, 2.24) is 0 Å². The van der Waals surface area contributed by atoms with Crippen molar-refractivity contribution >= 4 is 28.5 Å². The molecule has 1 heterocycles. The van der Waals surface area contributed by atoms with Gasteiger partial charge in [-0.25, -0.2) is 0 Å². The van der Waals surface area contributed by atoms with Gasteiger partial charge in [-0.3, -0.25) is 9.79 Å². The summed E-state index contributed by atoms with van der Waals surface area (Å²) in [6.07, 6.45) is 0.924. The molecule has 0 saturated heterocycles. The quantitative estimate of drug-likeness (QED) is 0.889. The van der Waals surface area contributed by atoms with Gasteiger partial charge in [0.15, 0.2) is 5.17 Å². The van der Waals surface area contributed by atoms with Crippen molar-refractivity contribution in [2.75, 3.05) is 24.8 Å². The summed E-state index contributed by atoms with van der Waals surface area (Å²) in [7, 11) is 1.49. The van der Waals surface area contributed by atoms with Gasteiger partial charge in [0.2, 0.25) is 5.91 Å². The maximum atomic E-state index is 11.5. The molecule has 2 rings (SSSR count). The van der Waals surface area contributed by atoms with Crippen LogP contribution in [-0.4, -0.2) is 30.5 Å². The second-order valence-electron chi connectivity index (χ2n) is 4.88. The Morgan fingerprint density at radius 2 is 2.40 bits per heavy atom. The van der Waals surface area contributed by atoms with E-state index in [2.05, 4.69) is 17.2 Å². The van der Waals surface area contributed by atoms with E-state index >= 15 is 0 Å². The molecule has 6 heteroatoms. The van der Waals surface area contributed by atoms with Gasteiger partial charge in [-0.1, -0.05) is 23.9 Å². The minimum atomic E-state index is -0.322. The van der Waals surface area contributed by atoms with Crippen LogP contribution in [0.4, 0.5) is 5.69 Å². The van der Waals surface area contributed by atoms with E-state index < -0.39 is 0 Å². The number of thioether (sulfide) groups is 1. The lowest BCUT2D eigenvalue weighted by Crippen LogP contribution is -2.29. The van der Waals surface area contributed by atoms with Gasteiger partial charge in [0.1, 0.15) is 6.61 Å². The number of benzene rings is 1. The van der Waals surface area contributed by atoms with Gasteiger partial charge in [0.25, 0.3) is 0 Å². The number of nitrogens with two attached hydrogens (primary N) is 1. The molecular weight excluding hydrogens is 274 g/mol. The molecule has 20 heavy (non-hydrogen) atoms. The van der Waals surface area contributed by atoms with E-state index in [1.807, 2.05) is 24.3 Å². The van der Waals surface area contributed by atoms with Gasteiger partial charge in [-0.15, -0.1) is 0 Å². The summed E-state index contributed by atoms with van der Waals surface area (Å²) >= 11 is 1.58. The number of methoxy groups -OCH3 is 1. The maximum Gasteiger partial charge on any atom is 0.250 e. The van der Waals surface area contributed by atoms with E-state index in [0.717, 1.165) is 23.4 Å². The largest absolute Gasteiger partial charge is 0.379 e. The second-order valence-corrected chi connectivity index (χ2v) is 6.00. The molecule has 3 N–H and O–H groups in total. The number of nitrogens with one attached hydrogen (secondary N) is 1. The Labute approximate surface area is 123 Å². The van der Waals surface area contributed by atoms with Gasteiger partial charge in [0, 0.05) is 18.6 Å². The van der Waals surface area contributed by atoms with Crippen LogP contribution >= 0.6 is 11.8 Å². The van der Waals surface area contributed by atoms with Gasteiger partial charge in [0.05, 0.1) is 5.54 Å². The highest BCUT2D eigenvalue weighted by Crippen LogP contribution is 2.35. The first-order valence-corrected chi connectivity index (χ1v) is 7.39. The molecule has 1 amide bonds. The van der Waals surface area contributed by atoms with Gasteiger partial charge in [-0.2, -0.15) is 0 Å². The molecule has 1 unspecified atom stereocenters. The number of ether oxygens (including phenoxy) is 1. The highest BCUT2D eigenvalue weighted by atomic mass is 32.2. The molecule has 1 aromatic rings. The lowest BCUT2D eigenvalue weighted by Gasteiger charge is -2.30. The van der Waals surface area contributed by atoms with Crippen molar-refractivity contribution in [3.8, 4) is 0 Å². The highest BCUT2D eigenvalue weighted by Gasteiger charge is 2.29. The minimum Gasteiger partial charge on any atom is -0.379 e. The van der Waals surface area contributed by atoms with Crippen LogP contribution in [0.1, 0.15) is 18.9 Å². The van der Waals surface area contributed by atoms with Crippen LogP contribution in [0.25, 0.3) is 0 Å². The normalized spacial score (nSPS) is 22.2. The summed E-state index contributed by atoms with van der Waals surface area (Å²) in [5.41, 5.74) is 7.31.